The first-order valence-corrected chi connectivity index (χ1v) is 8.74. The molecule has 0 aliphatic rings. The van der Waals surface area contributed by atoms with Gasteiger partial charge in [0.25, 0.3) is 0 Å². The Morgan fingerprint density at radius 2 is 1.70 bits per heavy atom. The lowest BCUT2D eigenvalue weighted by Gasteiger charge is -2.34. The van der Waals surface area contributed by atoms with Gasteiger partial charge in [-0.2, -0.15) is 0 Å². The molecule has 1 unspecified atom stereocenters. The molecule has 0 radical (unpaired) electrons. The summed E-state index contributed by atoms with van der Waals surface area (Å²) in [5.74, 6) is -0.280. The Labute approximate surface area is 123 Å². The van der Waals surface area contributed by atoms with Crippen LogP contribution in [0.3, 0.4) is 0 Å². The first-order valence-electron chi connectivity index (χ1n) is 7.17. The van der Waals surface area contributed by atoms with Crippen molar-refractivity contribution in [2.45, 2.75) is 26.2 Å². The van der Waals surface area contributed by atoms with Crippen molar-refractivity contribution in [2.24, 2.45) is 0 Å². The second kappa shape index (κ2) is 10.5. The van der Waals surface area contributed by atoms with Crippen LogP contribution < -0.4 is 0 Å². The van der Waals surface area contributed by atoms with E-state index >= 15 is 0 Å². The van der Waals surface area contributed by atoms with Gasteiger partial charge in [0.05, 0.1) is 50.1 Å². The number of unbranched alkanes of at least 4 members (excludes halogenated alkanes) is 1. The van der Waals surface area contributed by atoms with Gasteiger partial charge in [-0.25, -0.2) is 8.42 Å². The van der Waals surface area contributed by atoms with Crippen LogP contribution in [-0.4, -0.2) is 76.8 Å². The van der Waals surface area contributed by atoms with Gasteiger partial charge in [-0.1, -0.05) is 13.3 Å². The molecule has 0 fully saturated rings. The van der Waals surface area contributed by atoms with Crippen molar-refractivity contribution in [2.75, 3.05) is 59.4 Å². The zero-order valence-electron chi connectivity index (χ0n) is 13.0. The number of hydrogen-bond donors (Lipinski definition) is 0. The number of ether oxygens (including phenoxy) is 2. The minimum absolute atomic E-state index is 0.280. The van der Waals surface area contributed by atoms with E-state index in [4.69, 9.17) is 9.47 Å². The molecule has 7 heteroatoms. The molecule has 0 aromatic carbocycles. The van der Waals surface area contributed by atoms with E-state index in [1.807, 2.05) is 0 Å². The molecule has 0 bridgehead atoms. The highest BCUT2D eigenvalue weighted by Crippen LogP contribution is 2.08. The maximum absolute atomic E-state index is 10.7. The highest BCUT2D eigenvalue weighted by atomic mass is 32.2. The highest BCUT2D eigenvalue weighted by Gasteiger charge is 2.20. The summed E-state index contributed by atoms with van der Waals surface area (Å²) in [5.41, 5.74) is 0. The third kappa shape index (κ3) is 11.6. The standard InChI is InChI=1S/C13H29NO5S/c1-4-5-7-14(2,8-6-13-20(15,16)17)9-10-19-12-11-18-3/h4-13H2,1-3H3. The van der Waals surface area contributed by atoms with E-state index < -0.39 is 10.1 Å². The lowest BCUT2D eigenvalue weighted by Crippen LogP contribution is -2.48. The fraction of sp³-hybridized carbons (Fsp3) is 1.00. The van der Waals surface area contributed by atoms with E-state index in [2.05, 4.69) is 14.0 Å². The molecular formula is C13H29NO5S. The predicted molar refractivity (Wildman–Crippen MR) is 77.6 cm³/mol. The smallest absolute Gasteiger partial charge is 0.102 e. The number of methoxy groups -OCH3 is 1. The lowest BCUT2D eigenvalue weighted by molar-refractivity contribution is -0.910. The lowest BCUT2D eigenvalue weighted by atomic mass is 10.2. The van der Waals surface area contributed by atoms with Gasteiger partial charge in [0.15, 0.2) is 0 Å². The average Bonchev–Trinajstić information content (AvgIpc) is 2.35. The molecule has 122 valence electrons. The Morgan fingerprint density at radius 1 is 1.05 bits per heavy atom. The summed E-state index contributed by atoms with van der Waals surface area (Å²) in [6, 6.07) is 0. The van der Waals surface area contributed by atoms with Crippen LogP contribution in [0.5, 0.6) is 0 Å². The van der Waals surface area contributed by atoms with Gasteiger partial charge in [0, 0.05) is 19.3 Å². The fourth-order valence-corrected chi connectivity index (χ4v) is 2.51. The van der Waals surface area contributed by atoms with E-state index in [-0.39, 0.29) is 5.75 Å². The number of nitrogens with zero attached hydrogens (tertiary/aromatic N) is 1. The number of quaternary nitrogens is 1. The van der Waals surface area contributed by atoms with E-state index in [9.17, 15) is 13.0 Å². The molecule has 0 aromatic heterocycles. The Morgan fingerprint density at radius 3 is 2.25 bits per heavy atom. The summed E-state index contributed by atoms with van der Waals surface area (Å²) < 4.78 is 43.1. The maximum Gasteiger partial charge on any atom is 0.102 e. The van der Waals surface area contributed by atoms with Gasteiger partial charge in [-0.15, -0.1) is 0 Å². The van der Waals surface area contributed by atoms with Crippen molar-refractivity contribution in [3.63, 3.8) is 0 Å². The molecule has 0 aliphatic heterocycles. The molecule has 0 N–H and O–H groups in total. The first kappa shape index (κ1) is 19.8. The molecule has 0 saturated heterocycles. The van der Waals surface area contributed by atoms with Crippen LogP contribution in [0.25, 0.3) is 0 Å². The van der Waals surface area contributed by atoms with E-state index in [1.165, 1.54) is 0 Å². The maximum atomic E-state index is 10.7. The molecule has 6 nitrogen and oxygen atoms in total. The van der Waals surface area contributed by atoms with Gasteiger partial charge >= 0.3 is 0 Å². The van der Waals surface area contributed by atoms with Crippen molar-refractivity contribution < 1.29 is 26.9 Å². The van der Waals surface area contributed by atoms with Crippen LogP contribution in [0.1, 0.15) is 26.2 Å². The quantitative estimate of drug-likeness (QED) is 0.286. The minimum Gasteiger partial charge on any atom is -0.748 e. The molecule has 0 spiro atoms. The summed E-state index contributed by atoms with van der Waals surface area (Å²) >= 11 is 0. The van der Waals surface area contributed by atoms with Crippen LogP contribution >= 0.6 is 0 Å². The molecule has 0 rings (SSSR count). The van der Waals surface area contributed by atoms with E-state index in [0.29, 0.717) is 32.8 Å². The predicted octanol–water partition coefficient (Wildman–Crippen LogP) is 0.831. The summed E-state index contributed by atoms with van der Waals surface area (Å²) in [6.45, 7) is 6.38. The molecule has 20 heavy (non-hydrogen) atoms. The van der Waals surface area contributed by atoms with Crippen molar-refractivity contribution in [1.29, 1.82) is 0 Å². The van der Waals surface area contributed by atoms with Gasteiger partial charge in [0.1, 0.15) is 6.54 Å². The summed E-state index contributed by atoms with van der Waals surface area (Å²) in [7, 11) is -0.384. The summed E-state index contributed by atoms with van der Waals surface area (Å²) in [4.78, 5) is 0. The molecule has 0 saturated carbocycles. The molecular weight excluding hydrogens is 282 g/mol. The summed E-state index contributed by atoms with van der Waals surface area (Å²) in [5, 5.41) is 0. The van der Waals surface area contributed by atoms with Gasteiger partial charge < -0.3 is 18.5 Å². The molecule has 0 aliphatic carbocycles. The summed E-state index contributed by atoms with van der Waals surface area (Å²) in [6.07, 6.45) is 2.58. The number of hydrogen-bond acceptors (Lipinski definition) is 5. The Bertz CT molecular complexity index is 334. The van der Waals surface area contributed by atoms with E-state index in [1.54, 1.807) is 7.11 Å². The van der Waals surface area contributed by atoms with Gasteiger partial charge in [-0.3, -0.25) is 0 Å². The van der Waals surface area contributed by atoms with Gasteiger partial charge in [-0.05, 0) is 6.42 Å². The normalized spacial score (nSPS) is 15.2. The van der Waals surface area contributed by atoms with Crippen LogP contribution in [0.4, 0.5) is 0 Å². The molecule has 0 aromatic rings. The van der Waals surface area contributed by atoms with Crippen LogP contribution in [0.2, 0.25) is 0 Å². The van der Waals surface area contributed by atoms with Crippen molar-refractivity contribution in [3.8, 4) is 0 Å². The topological polar surface area (TPSA) is 75.7 Å². The van der Waals surface area contributed by atoms with Gasteiger partial charge in [0.2, 0.25) is 0 Å². The Kier molecular flexibility index (Phi) is 10.4. The van der Waals surface area contributed by atoms with Crippen molar-refractivity contribution in [1.82, 2.24) is 0 Å². The minimum atomic E-state index is -4.11. The van der Waals surface area contributed by atoms with Crippen LogP contribution in [-0.2, 0) is 19.6 Å². The third-order valence-corrected chi connectivity index (χ3v) is 4.14. The SMILES string of the molecule is CCCC[N+](C)(CCCS(=O)(=O)[O-])CCOCCOC. The fourth-order valence-electron chi connectivity index (χ4n) is 2.03. The highest BCUT2D eigenvalue weighted by molar-refractivity contribution is 7.85. The zero-order valence-corrected chi connectivity index (χ0v) is 13.8. The van der Waals surface area contributed by atoms with Crippen molar-refractivity contribution >= 4 is 10.1 Å². The average molecular weight is 311 g/mol. The number of likely N-dealkylation sites (N-methyl/N-ethyl adjacent to an activating group) is 1. The monoisotopic (exact) mass is 311 g/mol. The zero-order chi connectivity index (χ0) is 15.5. The first-order chi connectivity index (χ1) is 9.33. The molecule has 0 amide bonds. The molecule has 1 atom stereocenters. The second-order valence-corrected chi connectivity index (χ2v) is 6.89. The largest absolute Gasteiger partial charge is 0.748 e. The van der Waals surface area contributed by atoms with Crippen molar-refractivity contribution in [3.05, 3.63) is 0 Å². The van der Waals surface area contributed by atoms with Crippen LogP contribution in [0.15, 0.2) is 0 Å². The third-order valence-electron chi connectivity index (χ3n) is 3.35. The second-order valence-electron chi connectivity index (χ2n) is 5.36. The Balaban J connectivity index is 4.13. The Hall–Kier alpha value is -0.210. The van der Waals surface area contributed by atoms with E-state index in [0.717, 1.165) is 30.4 Å². The number of rotatable bonds is 13. The van der Waals surface area contributed by atoms with Crippen LogP contribution in [0, 0.1) is 0 Å². The molecule has 0 heterocycles.